The average molecular weight is 256 g/mol. The van der Waals surface area contributed by atoms with Crippen molar-refractivity contribution in [3.05, 3.63) is 0 Å². The van der Waals surface area contributed by atoms with Crippen LogP contribution in [0.5, 0.6) is 0 Å². The molecular weight excluding hydrogens is 232 g/mol. The Morgan fingerprint density at radius 3 is 2.61 bits per heavy atom. The maximum absolute atomic E-state index is 11.8. The van der Waals surface area contributed by atoms with Gasteiger partial charge < -0.3 is 5.73 Å². The van der Waals surface area contributed by atoms with Crippen LogP contribution < -0.4 is 17.0 Å². The Morgan fingerprint density at radius 1 is 1.44 bits per heavy atom. The third kappa shape index (κ3) is 3.43. The molecule has 1 rings (SSSR count). The maximum Gasteiger partial charge on any atom is 0.251 e. The van der Waals surface area contributed by atoms with E-state index in [0.29, 0.717) is 6.54 Å². The van der Waals surface area contributed by atoms with Crippen LogP contribution >= 0.6 is 0 Å². The van der Waals surface area contributed by atoms with Crippen LogP contribution in [-0.2, 0) is 9.59 Å². The van der Waals surface area contributed by atoms with E-state index < -0.39 is 0 Å². The van der Waals surface area contributed by atoms with Crippen molar-refractivity contribution in [3.63, 3.8) is 0 Å². The fourth-order valence-electron chi connectivity index (χ4n) is 2.62. The summed E-state index contributed by atoms with van der Waals surface area (Å²) in [6.07, 6.45) is 3.31. The number of hydrogen-bond donors (Lipinski definition) is 3. The third-order valence-corrected chi connectivity index (χ3v) is 3.74. The Labute approximate surface area is 108 Å². The molecule has 6 nitrogen and oxygen atoms in total. The summed E-state index contributed by atoms with van der Waals surface area (Å²) in [7, 11) is 0. The van der Waals surface area contributed by atoms with Crippen molar-refractivity contribution >= 4 is 11.8 Å². The van der Waals surface area contributed by atoms with Crippen LogP contribution in [0.1, 0.15) is 39.5 Å². The number of hydrazine groups is 1. The first-order chi connectivity index (χ1) is 8.51. The number of nitrogens with one attached hydrogen (secondary N) is 1. The van der Waals surface area contributed by atoms with Crippen LogP contribution in [0.15, 0.2) is 0 Å². The molecule has 1 aliphatic heterocycles. The zero-order chi connectivity index (χ0) is 13.7. The summed E-state index contributed by atoms with van der Waals surface area (Å²) in [5.41, 5.74) is 7.58. The number of carbonyl (C=O) groups excluding carboxylic acids is 2. The number of primary amides is 1. The Hall–Kier alpha value is -1.14. The Kier molecular flexibility index (Phi) is 5.55. The predicted octanol–water partition coefficient (Wildman–Crippen LogP) is -0.269. The monoisotopic (exact) mass is 256 g/mol. The van der Waals surface area contributed by atoms with Crippen molar-refractivity contribution in [2.24, 2.45) is 17.5 Å². The summed E-state index contributed by atoms with van der Waals surface area (Å²) in [5, 5.41) is 0. The van der Waals surface area contributed by atoms with Crippen LogP contribution in [0.25, 0.3) is 0 Å². The van der Waals surface area contributed by atoms with Crippen LogP contribution in [-0.4, -0.2) is 35.3 Å². The second kappa shape index (κ2) is 6.70. The molecule has 3 atom stereocenters. The molecule has 0 spiro atoms. The number of nitrogens with zero attached hydrogens (tertiary/aromatic N) is 1. The van der Waals surface area contributed by atoms with Gasteiger partial charge in [0.2, 0.25) is 5.91 Å². The lowest BCUT2D eigenvalue weighted by atomic mass is 9.90. The van der Waals surface area contributed by atoms with Gasteiger partial charge in [-0.25, -0.2) is 5.84 Å². The van der Waals surface area contributed by atoms with Crippen molar-refractivity contribution in [1.29, 1.82) is 0 Å². The van der Waals surface area contributed by atoms with Crippen LogP contribution in [0.4, 0.5) is 0 Å². The molecular formula is C12H24N4O2. The van der Waals surface area contributed by atoms with E-state index in [4.69, 9.17) is 11.6 Å². The Balaban J connectivity index is 2.80. The molecule has 0 saturated carbocycles. The van der Waals surface area contributed by atoms with Crippen molar-refractivity contribution in [2.45, 2.75) is 51.6 Å². The van der Waals surface area contributed by atoms with Crippen LogP contribution in [0.2, 0.25) is 0 Å². The number of likely N-dealkylation sites (tertiary alicyclic amines) is 1. The minimum absolute atomic E-state index is 0.161. The molecule has 1 saturated heterocycles. The first-order valence-corrected chi connectivity index (χ1v) is 6.56. The summed E-state index contributed by atoms with van der Waals surface area (Å²) >= 11 is 0. The van der Waals surface area contributed by atoms with Gasteiger partial charge in [0.05, 0.1) is 12.0 Å². The van der Waals surface area contributed by atoms with Gasteiger partial charge in [0.1, 0.15) is 0 Å². The van der Waals surface area contributed by atoms with Gasteiger partial charge in [0.15, 0.2) is 0 Å². The van der Waals surface area contributed by atoms with Gasteiger partial charge in [-0.3, -0.25) is 19.9 Å². The number of carbonyl (C=O) groups is 2. The fraction of sp³-hybridized carbons (Fsp3) is 0.833. The highest BCUT2D eigenvalue weighted by Gasteiger charge is 2.35. The molecule has 0 radical (unpaired) electrons. The van der Waals surface area contributed by atoms with Gasteiger partial charge in [0, 0.05) is 12.6 Å². The molecule has 0 aromatic rings. The second-order valence-electron chi connectivity index (χ2n) is 5.04. The van der Waals surface area contributed by atoms with Gasteiger partial charge >= 0.3 is 0 Å². The largest absolute Gasteiger partial charge is 0.369 e. The quantitative estimate of drug-likeness (QED) is 0.358. The molecule has 2 amide bonds. The van der Waals surface area contributed by atoms with E-state index in [9.17, 15) is 9.59 Å². The normalized spacial score (nSPS) is 26.6. The van der Waals surface area contributed by atoms with E-state index in [2.05, 4.69) is 17.2 Å². The molecule has 5 N–H and O–H groups in total. The molecule has 0 aromatic heterocycles. The van der Waals surface area contributed by atoms with E-state index in [-0.39, 0.29) is 29.8 Å². The lowest BCUT2D eigenvalue weighted by molar-refractivity contribution is -0.132. The Morgan fingerprint density at radius 2 is 2.11 bits per heavy atom. The van der Waals surface area contributed by atoms with Gasteiger partial charge in [-0.1, -0.05) is 13.3 Å². The first kappa shape index (κ1) is 14.9. The number of piperidine rings is 1. The maximum atomic E-state index is 11.8. The molecule has 104 valence electrons. The standard InChI is InChI=1S/C12H24N4O2/c1-3-4-10(12(18)15-14)16-7-9(11(13)17)6-5-8(16)2/h8-10H,3-7,14H2,1-2H3,(H2,13,17)(H,15,18). The lowest BCUT2D eigenvalue weighted by Gasteiger charge is -2.41. The van der Waals surface area contributed by atoms with Gasteiger partial charge in [-0.05, 0) is 26.2 Å². The second-order valence-corrected chi connectivity index (χ2v) is 5.04. The summed E-state index contributed by atoms with van der Waals surface area (Å²) < 4.78 is 0. The SMILES string of the molecule is CCCC(C(=O)NN)N1CC(C(N)=O)CCC1C. The van der Waals surface area contributed by atoms with E-state index in [1.807, 2.05) is 6.92 Å². The third-order valence-electron chi connectivity index (χ3n) is 3.74. The molecule has 3 unspecified atom stereocenters. The zero-order valence-electron chi connectivity index (χ0n) is 11.2. The van der Waals surface area contributed by atoms with Crippen molar-refractivity contribution in [1.82, 2.24) is 10.3 Å². The number of nitrogens with two attached hydrogens (primary N) is 2. The van der Waals surface area contributed by atoms with Crippen LogP contribution in [0.3, 0.4) is 0 Å². The lowest BCUT2D eigenvalue weighted by Crippen LogP contribution is -2.56. The molecule has 1 heterocycles. The molecule has 0 aliphatic carbocycles. The minimum atomic E-state index is -0.282. The molecule has 0 aromatic carbocycles. The predicted molar refractivity (Wildman–Crippen MR) is 69.1 cm³/mol. The summed E-state index contributed by atoms with van der Waals surface area (Å²) in [4.78, 5) is 25.2. The van der Waals surface area contributed by atoms with Crippen LogP contribution in [0, 0.1) is 5.92 Å². The van der Waals surface area contributed by atoms with Gasteiger partial charge in [-0.15, -0.1) is 0 Å². The number of amides is 2. The topological polar surface area (TPSA) is 101 Å². The first-order valence-electron chi connectivity index (χ1n) is 6.56. The Bertz CT molecular complexity index is 308. The summed E-state index contributed by atoms with van der Waals surface area (Å²) in [6.45, 7) is 4.65. The molecule has 18 heavy (non-hydrogen) atoms. The highest BCUT2D eigenvalue weighted by atomic mass is 16.2. The zero-order valence-corrected chi connectivity index (χ0v) is 11.2. The minimum Gasteiger partial charge on any atom is -0.369 e. The molecule has 6 heteroatoms. The van der Waals surface area contributed by atoms with Gasteiger partial charge in [-0.2, -0.15) is 0 Å². The van der Waals surface area contributed by atoms with Gasteiger partial charge in [0.25, 0.3) is 5.91 Å². The van der Waals surface area contributed by atoms with E-state index >= 15 is 0 Å². The van der Waals surface area contributed by atoms with Crippen molar-refractivity contribution in [2.75, 3.05) is 6.54 Å². The number of hydrogen-bond acceptors (Lipinski definition) is 4. The highest BCUT2D eigenvalue weighted by Crippen LogP contribution is 2.25. The van der Waals surface area contributed by atoms with E-state index in [0.717, 1.165) is 25.7 Å². The van der Waals surface area contributed by atoms with Crippen molar-refractivity contribution < 1.29 is 9.59 Å². The van der Waals surface area contributed by atoms with E-state index in [1.165, 1.54) is 0 Å². The fourth-order valence-corrected chi connectivity index (χ4v) is 2.62. The highest BCUT2D eigenvalue weighted by molar-refractivity contribution is 5.81. The molecule has 1 fully saturated rings. The summed E-state index contributed by atoms with van der Waals surface area (Å²) in [5.74, 6) is 4.60. The summed E-state index contributed by atoms with van der Waals surface area (Å²) in [6, 6.07) is 0.00611. The molecule has 1 aliphatic rings. The smallest absolute Gasteiger partial charge is 0.251 e. The number of rotatable bonds is 5. The van der Waals surface area contributed by atoms with Crippen molar-refractivity contribution in [3.8, 4) is 0 Å². The van der Waals surface area contributed by atoms with E-state index in [1.54, 1.807) is 0 Å². The molecule has 0 bridgehead atoms. The average Bonchev–Trinajstić information content (AvgIpc) is 2.35.